The first-order valence-electron chi connectivity index (χ1n) is 7.38. The first-order chi connectivity index (χ1) is 11.1. The maximum atomic E-state index is 13.5. The van der Waals surface area contributed by atoms with Gasteiger partial charge in [-0.2, -0.15) is 0 Å². The summed E-state index contributed by atoms with van der Waals surface area (Å²) in [6.45, 7) is 3.68. The smallest absolute Gasteiger partial charge is 0.136 e. The van der Waals surface area contributed by atoms with Crippen molar-refractivity contribution in [2.24, 2.45) is 0 Å². The van der Waals surface area contributed by atoms with Gasteiger partial charge in [0.25, 0.3) is 0 Å². The molecule has 0 saturated carbocycles. The second kappa shape index (κ2) is 5.05. The van der Waals surface area contributed by atoms with Crippen molar-refractivity contribution in [3.05, 3.63) is 66.1 Å². The SMILES string of the molecule is Cc1nc(-c2ccc3nccn3c2)c(-c2ccc(F)c(C)c2)[nH]1. The van der Waals surface area contributed by atoms with Crippen LogP contribution in [-0.2, 0) is 0 Å². The second-order valence-corrected chi connectivity index (χ2v) is 5.62. The standard InChI is InChI=1S/C18H15FN4/c1-11-9-13(3-5-15(11)19)17-18(22-12(2)21-17)14-4-6-16-20-7-8-23(16)10-14/h3-10H,1-2H3,(H,21,22). The minimum atomic E-state index is -0.202. The van der Waals surface area contributed by atoms with Gasteiger partial charge in [0, 0.05) is 29.7 Å². The molecular formula is C18H15FN4. The van der Waals surface area contributed by atoms with E-state index in [2.05, 4.69) is 15.0 Å². The molecule has 0 bridgehead atoms. The van der Waals surface area contributed by atoms with Crippen molar-refractivity contribution in [3.63, 3.8) is 0 Å². The summed E-state index contributed by atoms with van der Waals surface area (Å²) in [5.41, 5.74) is 5.15. The van der Waals surface area contributed by atoms with Gasteiger partial charge in [0.05, 0.1) is 11.4 Å². The first-order valence-corrected chi connectivity index (χ1v) is 7.38. The topological polar surface area (TPSA) is 46.0 Å². The van der Waals surface area contributed by atoms with Crippen LogP contribution in [0.1, 0.15) is 11.4 Å². The van der Waals surface area contributed by atoms with Gasteiger partial charge in [0.2, 0.25) is 0 Å². The number of fused-ring (bicyclic) bond motifs is 1. The summed E-state index contributed by atoms with van der Waals surface area (Å²) in [6, 6.07) is 9.05. The van der Waals surface area contributed by atoms with Crippen LogP contribution in [0.25, 0.3) is 28.2 Å². The third-order valence-electron chi connectivity index (χ3n) is 3.93. The summed E-state index contributed by atoms with van der Waals surface area (Å²) in [6.07, 6.45) is 5.66. The van der Waals surface area contributed by atoms with Crippen LogP contribution in [0.4, 0.5) is 4.39 Å². The fourth-order valence-corrected chi connectivity index (χ4v) is 2.77. The van der Waals surface area contributed by atoms with Gasteiger partial charge in [0.1, 0.15) is 17.3 Å². The number of rotatable bonds is 2. The highest BCUT2D eigenvalue weighted by Crippen LogP contribution is 2.31. The van der Waals surface area contributed by atoms with Crippen molar-refractivity contribution in [2.75, 3.05) is 0 Å². The Labute approximate surface area is 132 Å². The molecule has 1 aromatic carbocycles. The zero-order valence-electron chi connectivity index (χ0n) is 12.8. The molecule has 5 heteroatoms. The second-order valence-electron chi connectivity index (χ2n) is 5.62. The predicted molar refractivity (Wildman–Crippen MR) is 87.6 cm³/mol. The van der Waals surface area contributed by atoms with Crippen LogP contribution >= 0.6 is 0 Å². The molecular weight excluding hydrogens is 291 g/mol. The molecule has 0 spiro atoms. The maximum absolute atomic E-state index is 13.5. The van der Waals surface area contributed by atoms with Gasteiger partial charge in [-0.05, 0) is 49.7 Å². The van der Waals surface area contributed by atoms with Gasteiger partial charge >= 0.3 is 0 Å². The van der Waals surface area contributed by atoms with Crippen molar-refractivity contribution < 1.29 is 4.39 Å². The third kappa shape index (κ3) is 2.30. The Balaban J connectivity index is 1.90. The van der Waals surface area contributed by atoms with E-state index in [1.54, 1.807) is 19.2 Å². The molecule has 3 aromatic heterocycles. The Morgan fingerprint density at radius 1 is 1.09 bits per heavy atom. The summed E-state index contributed by atoms with van der Waals surface area (Å²) < 4.78 is 15.5. The highest BCUT2D eigenvalue weighted by molar-refractivity contribution is 5.79. The van der Waals surface area contributed by atoms with E-state index < -0.39 is 0 Å². The molecule has 0 unspecified atom stereocenters. The summed E-state index contributed by atoms with van der Waals surface area (Å²) >= 11 is 0. The van der Waals surface area contributed by atoms with E-state index >= 15 is 0 Å². The molecule has 0 saturated heterocycles. The highest BCUT2D eigenvalue weighted by Gasteiger charge is 2.14. The molecule has 4 rings (SSSR count). The average Bonchev–Trinajstić information content (AvgIpc) is 3.15. The van der Waals surface area contributed by atoms with Crippen LogP contribution in [0.3, 0.4) is 0 Å². The van der Waals surface area contributed by atoms with Crippen LogP contribution < -0.4 is 0 Å². The Morgan fingerprint density at radius 2 is 1.91 bits per heavy atom. The van der Waals surface area contributed by atoms with E-state index in [9.17, 15) is 4.39 Å². The van der Waals surface area contributed by atoms with E-state index in [0.29, 0.717) is 5.56 Å². The molecule has 23 heavy (non-hydrogen) atoms. The molecule has 0 radical (unpaired) electrons. The lowest BCUT2D eigenvalue weighted by molar-refractivity contribution is 0.619. The van der Waals surface area contributed by atoms with Crippen LogP contribution in [0.5, 0.6) is 0 Å². The number of benzene rings is 1. The molecule has 0 aliphatic heterocycles. The minimum absolute atomic E-state index is 0.202. The fraction of sp³-hybridized carbons (Fsp3) is 0.111. The van der Waals surface area contributed by atoms with Gasteiger partial charge in [-0.1, -0.05) is 0 Å². The number of hydrogen-bond donors (Lipinski definition) is 1. The first kappa shape index (κ1) is 13.7. The molecule has 4 aromatic rings. The Hall–Kier alpha value is -2.95. The molecule has 1 N–H and O–H groups in total. The number of aromatic nitrogens is 4. The minimum Gasteiger partial charge on any atom is -0.342 e. The van der Waals surface area contributed by atoms with E-state index in [1.807, 2.05) is 41.9 Å². The van der Waals surface area contributed by atoms with Gasteiger partial charge in [-0.25, -0.2) is 14.4 Å². The number of halogens is 1. The highest BCUT2D eigenvalue weighted by atomic mass is 19.1. The zero-order chi connectivity index (χ0) is 16.0. The summed E-state index contributed by atoms with van der Waals surface area (Å²) in [5, 5.41) is 0. The molecule has 0 aliphatic carbocycles. The van der Waals surface area contributed by atoms with Crippen molar-refractivity contribution >= 4 is 5.65 Å². The summed E-state index contributed by atoms with van der Waals surface area (Å²) in [7, 11) is 0. The van der Waals surface area contributed by atoms with Gasteiger partial charge in [0.15, 0.2) is 0 Å². The van der Waals surface area contributed by atoms with Crippen LogP contribution in [-0.4, -0.2) is 19.4 Å². The quantitative estimate of drug-likeness (QED) is 0.605. The van der Waals surface area contributed by atoms with E-state index in [4.69, 9.17) is 0 Å². The number of nitrogens with one attached hydrogen (secondary N) is 1. The van der Waals surface area contributed by atoms with E-state index in [0.717, 1.165) is 34.0 Å². The molecule has 3 heterocycles. The van der Waals surface area contributed by atoms with Crippen molar-refractivity contribution in [1.29, 1.82) is 0 Å². The van der Waals surface area contributed by atoms with Gasteiger partial charge < -0.3 is 9.38 Å². The Kier molecular flexibility index (Phi) is 3.01. The third-order valence-corrected chi connectivity index (χ3v) is 3.93. The maximum Gasteiger partial charge on any atom is 0.136 e. The Morgan fingerprint density at radius 3 is 2.74 bits per heavy atom. The van der Waals surface area contributed by atoms with Crippen molar-refractivity contribution in [1.82, 2.24) is 19.4 Å². The fourth-order valence-electron chi connectivity index (χ4n) is 2.77. The number of imidazole rings is 2. The lowest BCUT2D eigenvalue weighted by Gasteiger charge is -2.06. The number of nitrogens with zero attached hydrogens (tertiary/aromatic N) is 3. The molecule has 114 valence electrons. The summed E-state index contributed by atoms with van der Waals surface area (Å²) in [4.78, 5) is 12.2. The molecule has 4 nitrogen and oxygen atoms in total. The normalized spacial score (nSPS) is 11.3. The molecule has 0 atom stereocenters. The lowest BCUT2D eigenvalue weighted by atomic mass is 10.0. The lowest BCUT2D eigenvalue weighted by Crippen LogP contribution is -1.90. The average molecular weight is 306 g/mol. The largest absolute Gasteiger partial charge is 0.342 e. The molecule has 0 aliphatic rings. The number of H-pyrrole nitrogens is 1. The predicted octanol–water partition coefficient (Wildman–Crippen LogP) is 4.15. The van der Waals surface area contributed by atoms with E-state index in [1.165, 1.54) is 6.07 Å². The zero-order valence-corrected chi connectivity index (χ0v) is 12.8. The van der Waals surface area contributed by atoms with Gasteiger partial charge in [-0.15, -0.1) is 0 Å². The Bertz CT molecular complexity index is 1010. The van der Waals surface area contributed by atoms with Crippen molar-refractivity contribution in [2.45, 2.75) is 13.8 Å². The van der Waals surface area contributed by atoms with Crippen LogP contribution in [0, 0.1) is 19.7 Å². The molecule has 0 fully saturated rings. The van der Waals surface area contributed by atoms with Crippen LogP contribution in [0.2, 0.25) is 0 Å². The monoisotopic (exact) mass is 306 g/mol. The number of hydrogen-bond acceptors (Lipinski definition) is 2. The van der Waals surface area contributed by atoms with Gasteiger partial charge in [-0.3, -0.25) is 0 Å². The number of aromatic amines is 1. The number of pyridine rings is 1. The van der Waals surface area contributed by atoms with E-state index in [-0.39, 0.29) is 5.82 Å². The van der Waals surface area contributed by atoms with Crippen molar-refractivity contribution in [3.8, 4) is 22.5 Å². The number of aryl methyl sites for hydroxylation is 2. The van der Waals surface area contributed by atoms with Crippen LogP contribution in [0.15, 0.2) is 48.9 Å². The molecule has 0 amide bonds. The summed E-state index contributed by atoms with van der Waals surface area (Å²) in [5.74, 6) is 0.620.